The SMILES string of the molecule is COc1ccc(/C=C/C(=O)Nc2ccccc2C(=O)OCC(=O)N(C)Cc2ccco2)cc1. The summed E-state index contributed by atoms with van der Waals surface area (Å²) in [7, 11) is 3.16. The first kappa shape index (κ1) is 23.3. The summed E-state index contributed by atoms with van der Waals surface area (Å²) in [6.45, 7) is -0.174. The highest BCUT2D eigenvalue weighted by atomic mass is 16.5. The lowest BCUT2D eigenvalue weighted by molar-refractivity contribution is -0.134. The molecule has 1 N–H and O–H groups in total. The summed E-state index contributed by atoms with van der Waals surface area (Å²) < 4.78 is 15.5. The van der Waals surface area contributed by atoms with Gasteiger partial charge in [-0.25, -0.2) is 4.79 Å². The highest BCUT2D eigenvalue weighted by Crippen LogP contribution is 2.17. The molecule has 0 spiro atoms. The molecule has 0 saturated carbocycles. The van der Waals surface area contributed by atoms with Gasteiger partial charge in [-0.2, -0.15) is 0 Å². The van der Waals surface area contributed by atoms with Gasteiger partial charge in [0.2, 0.25) is 5.91 Å². The lowest BCUT2D eigenvalue weighted by atomic mass is 10.1. The Kier molecular flexibility index (Phi) is 8.02. The van der Waals surface area contributed by atoms with Gasteiger partial charge in [0.25, 0.3) is 5.91 Å². The van der Waals surface area contributed by atoms with Gasteiger partial charge in [0, 0.05) is 13.1 Å². The quantitative estimate of drug-likeness (QED) is 0.395. The molecule has 0 aliphatic heterocycles. The van der Waals surface area contributed by atoms with Gasteiger partial charge >= 0.3 is 5.97 Å². The molecule has 2 amide bonds. The van der Waals surface area contributed by atoms with E-state index < -0.39 is 18.5 Å². The molecule has 0 aliphatic rings. The molecule has 0 fully saturated rings. The molecular formula is C25H24N2O6. The second kappa shape index (κ2) is 11.3. The molecule has 0 atom stereocenters. The number of hydrogen-bond donors (Lipinski definition) is 1. The maximum absolute atomic E-state index is 12.5. The topological polar surface area (TPSA) is 98.1 Å². The summed E-state index contributed by atoms with van der Waals surface area (Å²) in [5.74, 6) is -0.184. The standard InChI is InChI=1S/C25H24N2O6/c1-27(16-20-6-5-15-32-20)24(29)17-33-25(30)21-7-3-4-8-22(21)26-23(28)14-11-18-9-12-19(31-2)13-10-18/h3-15H,16-17H2,1-2H3,(H,26,28)/b14-11+. The number of rotatable bonds is 9. The molecule has 33 heavy (non-hydrogen) atoms. The van der Waals surface area contributed by atoms with Crippen molar-refractivity contribution in [1.29, 1.82) is 0 Å². The molecule has 8 nitrogen and oxygen atoms in total. The summed E-state index contributed by atoms with van der Waals surface area (Å²) >= 11 is 0. The van der Waals surface area contributed by atoms with Crippen molar-refractivity contribution in [2.75, 3.05) is 26.1 Å². The number of esters is 1. The number of furan rings is 1. The van der Waals surface area contributed by atoms with Crippen molar-refractivity contribution in [3.63, 3.8) is 0 Å². The van der Waals surface area contributed by atoms with Gasteiger partial charge in [0.1, 0.15) is 11.5 Å². The van der Waals surface area contributed by atoms with Crippen molar-refractivity contribution < 1.29 is 28.3 Å². The first-order valence-electron chi connectivity index (χ1n) is 10.1. The summed E-state index contributed by atoms with van der Waals surface area (Å²) in [5.41, 5.74) is 1.24. The number of carbonyl (C=O) groups excluding carboxylic acids is 3. The summed E-state index contributed by atoms with van der Waals surface area (Å²) in [6, 6.07) is 17.1. The van der Waals surface area contributed by atoms with E-state index in [-0.39, 0.29) is 23.7 Å². The molecule has 0 bridgehead atoms. The van der Waals surface area contributed by atoms with Crippen LogP contribution in [0.4, 0.5) is 5.69 Å². The lowest BCUT2D eigenvalue weighted by Gasteiger charge is -2.16. The van der Waals surface area contributed by atoms with Crippen molar-refractivity contribution in [2.45, 2.75) is 6.54 Å². The van der Waals surface area contributed by atoms with Crippen LogP contribution in [0, 0.1) is 0 Å². The third-order valence-corrected chi connectivity index (χ3v) is 4.67. The average molecular weight is 448 g/mol. The van der Waals surface area contributed by atoms with Crippen molar-refractivity contribution in [3.05, 3.63) is 89.9 Å². The average Bonchev–Trinajstić information content (AvgIpc) is 3.34. The van der Waals surface area contributed by atoms with Gasteiger partial charge in [-0.1, -0.05) is 24.3 Å². The first-order valence-corrected chi connectivity index (χ1v) is 10.1. The van der Waals surface area contributed by atoms with Gasteiger partial charge in [-0.15, -0.1) is 0 Å². The molecular weight excluding hydrogens is 424 g/mol. The van der Waals surface area contributed by atoms with Crippen LogP contribution in [0.15, 0.2) is 77.4 Å². The maximum Gasteiger partial charge on any atom is 0.340 e. The number of methoxy groups -OCH3 is 1. The molecule has 3 rings (SSSR count). The van der Waals surface area contributed by atoms with E-state index in [1.54, 1.807) is 62.7 Å². The molecule has 170 valence electrons. The zero-order chi connectivity index (χ0) is 23.6. The minimum absolute atomic E-state index is 0.144. The largest absolute Gasteiger partial charge is 0.497 e. The van der Waals surface area contributed by atoms with Crippen LogP contribution in [0.2, 0.25) is 0 Å². The Morgan fingerprint density at radius 3 is 2.48 bits per heavy atom. The van der Waals surface area contributed by atoms with Gasteiger partial charge in [0.15, 0.2) is 6.61 Å². The molecule has 0 radical (unpaired) electrons. The van der Waals surface area contributed by atoms with E-state index in [2.05, 4.69) is 5.32 Å². The molecule has 1 aromatic heterocycles. The van der Waals surface area contributed by atoms with Crippen molar-refractivity contribution in [3.8, 4) is 5.75 Å². The predicted molar refractivity (Wildman–Crippen MR) is 123 cm³/mol. The molecule has 2 aromatic carbocycles. The van der Waals surface area contributed by atoms with Gasteiger partial charge in [0.05, 0.1) is 31.2 Å². The fraction of sp³-hybridized carbons (Fsp3) is 0.160. The molecule has 3 aromatic rings. The van der Waals surface area contributed by atoms with E-state index in [1.165, 1.54) is 23.3 Å². The third kappa shape index (κ3) is 6.83. The van der Waals surface area contributed by atoms with E-state index in [9.17, 15) is 14.4 Å². The third-order valence-electron chi connectivity index (χ3n) is 4.67. The van der Waals surface area contributed by atoms with Crippen LogP contribution in [0.25, 0.3) is 6.08 Å². The monoisotopic (exact) mass is 448 g/mol. The van der Waals surface area contributed by atoms with Crippen molar-refractivity contribution >= 4 is 29.5 Å². The normalized spacial score (nSPS) is 10.6. The van der Waals surface area contributed by atoms with E-state index in [1.807, 2.05) is 12.1 Å². The van der Waals surface area contributed by atoms with E-state index in [0.29, 0.717) is 5.76 Å². The summed E-state index contributed by atoms with van der Waals surface area (Å²) in [6.07, 6.45) is 4.52. The number of nitrogens with one attached hydrogen (secondary N) is 1. The molecule has 1 heterocycles. The summed E-state index contributed by atoms with van der Waals surface area (Å²) in [4.78, 5) is 38.5. The number of benzene rings is 2. The highest BCUT2D eigenvalue weighted by molar-refractivity contribution is 6.06. The molecule has 0 unspecified atom stereocenters. The Morgan fingerprint density at radius 1 is 1.03 bits per heavy atom. The Labute approximate surface area is 191 Å². The second-order valence-electron chi connectivity index (χ2n) is 7.05. The van der Waals surface area contributed by atoms with Crippen LogP contribution in [0.5, 0.6) is 5.75 Å². The highest BCUT2D eigenvalue weighted by Gasteiger charge is 2.17. The van der Waals surface area contributed by atoms with E-state index >= 15 is 0 Å². The molecule has 8 heteroatoms. The van der Waals surface area contributed by atoms with Crippen LogP contribution in [0.3, 0.4) is 0 Å². The Morgan fingerprint density at radius 2 is 1.79 bits per heavy atom. The van der Waals surface area contributed by atoms with Gasteiger partial charge in [-0.05, 0) is 48.0 Å². The lowest BCUT2D eigenvalue weighted by Crippen LogP contribution is -2.30. The number of amides is 2. The smallest absolute Gasteiger partial charge is 0.340 e. The Hall–Kier alpha value is -4.33. The van der Waals surface area contributed by atoms with Crippen molar-refractivity contribution in [2.24, 2.45) is 0 Å². The van der Waals surface area contributed by atoms with E-state index in [0.717, 1.165) is 11.3 Å². The van der Waals surface area contributed by atoms with Crippen LogP contribution in [0.1, 0.15) is 21.7 Å². The van der Waals surface area contributed by atoms with Crippen LogP contribution >= 0.6 is 0 Å². The minimum Gasteiger partial charge on any atom is -0.497 e. The zero-order valence-electron chi connectivity index (χ0n) is 18.3. The molecule has 0 saturated heterocycles. The first-order chi connectivity index (χ1) is 16.0. The van der Waals surface area contributed by atoms with Crippen LogP contribution in [-0.4, -0.2) is 43.4 Å². The van der Waals surface area contributed by atoms with E-state index in [4.69, 9.17) is 13.9 Å². The van der Waals surface area contributed by atoms with Crippen LogP contribution < -0.4 is 10.1 Å². The number of ether oxygens (including phenoxy) is 2. The number of para-hydroxylation sites is 1. The van der Waals surface area contributed by atoms with Gasteiger partial charge < -0.3 is 24.1 Å². The van der Waals surface area contributed by atoms with Crippen molar-refractivity contribution in [1.82, 2.24) is 4.90 Å². The number of likely N-dealkylation sites (N-methyl/N-ethyl adjacent to an activating group) is 1. The second-order valence-corrected chi connectivity index (χ2v) is 7.05. The Bertz CT molecular complexity index is 1120. The number of hydrogen-bond acceptors (Lipinski definition) is 6. The minimum atomic E-state index is -0.718. The molecule has 0 aliphatic carbocycles. The fourth-order valence-electron chi connectivity index (χ4n) is 2.87. The zero-order valence-corrected chi connectivity index (χ0v) is 18.3. The summed E-state index contributed by atoms with van der Waals surface area (Å²) in [5, 5.41) is 2.67. The number of nitrogens with zero attached hydrogens (tertiary/aromatic N) is 1. The predicted octanol–water partition coefficient (Wildman–Crippen LogP) is 3.76. The fourth-order valence-corrected chi connectivity index (χ4v) is 2.87. The Balaban J connectivity index is 1.57. The maximum atomic E-state index is 12.5. The number of carbonyl (C=O) groups is 3. The number of anilines is 1. The van der Waals surface area contributed by atoms with Crippen LogP contribution in [-0.2, 0) is 20.9 Å². The van der Waals surface area contributed by atoms with Gasteiger partial charge in [-0.3, -0.25) is 9.59 Å².